The summed E-state index contributed by atoms with van der Waals surface area (Å²) in [6.07, 6.45) is -0.0532. The summed E-state index contributed by atoms with van der Waals surface area (Å²) in [6.45, 7) is 6.19. The van der Waals surface area contributed by atoms with Crippen LogP contribution in [0.25, 0.3) is 0 Å². The highest BCUT2D eigenvalue weighted by Gasteiger charge is 2.27. The number of hydrogen-bond acceptors (Lipinski definition) is 2. The highest BCUT2D eigenvalue weighted by Crippen LogP contribution is 2.27. The number of aliphatic carboxylic acids is 1. The molecule has 4 nitrogen and oxygen atoms in total. The first kappa shape index (κ1) is 17.7. The minimum atomic E-state index is -0.971. The normalized spacial score (nSPS) is 11.8. The topological polar surface area (TPSA) is 57.6 Å². The second-order valence-electron chi connectivity index (χ2n) is 5.93. The van der Waals surface area contributed by atoms with Gasteiger partial charge in [-0.2, -0.15) is 0 Å². The van der Waals surface area contributed by atoms with Crippen LogP contribution in [0.2, 0.25) is 0 Å². The molecule has 0 heterocycles. The summed E-state index contributed by atoms with van der Waals surface area (Å²) in [5, 5.41) is 9.65. The molecular weight excluding hydrogens is 302 g/mol. The van der Waals surface area contributed by atoms with E-state index in [2.05, 4.69) is 0 Å². The van der Waals surface area contributed by atoms with E-state index in [0.717, 1.165) is 16.8 Å². The van der Waals surface area contributed by atoms with Crippen molar-refractivity contribution in [2.75, 3.05) is 11.4 Å². The molecule has 0 aliphatic rings. The zero-order chi connectivity index (χ0) is 17.7. The molecule has 0 aliphatic carbocycles. The molecular formula is C20H23NO3. The molecule has 126 valence electrons. The molecule has 2 aromatic rings. The summed E-state index contributed by atoms with van der Waals surface area (Å²) in [5.74, 6) is -1.99. The van der Waals surface area contributed by atoms with Crippen LogP contribution in [0, 0.1) is 13.8 Å². The Morgan fingerprint density at radius 1 is 1.08 bits per heavy atom. The zero-order valence-electron chi connectivity index (χ0n) is 14.3. The predicted octanol–water partition coefficient (Wildman–Crippen LogP) is 3.91. The number of amides is 1. The lowest BCUT2D eigenvalue weighted by Gasteiger charge is -2.23. The van der Waals surface area contributed by atoms with Crippen molar-refractivity contribution >= 4 is 17.6 Å². The fourth-order valence-electron chi connectivity index (χ4n) is 2.86. The maximum Gasteiger partial charge on any atom is 0.311 e. The molecule has 0 aliphatic heterocycles. The van der Waals surface area contributed by atoms with Gasteiger partial charge in [0.2, 0.25) is 5.91 Å². The van der Waals surface area contributed by atoms with Gasteiger partial charge in [-0.25, -0.2) is 0 Å². The average Bonchev–Trinajstić information content (AvgIpc) is 2.56. The maximum atomic E-state index is 12.7. The first-order valence-corrected chi connectivity index (χ1v) is 8.09. The lowest BCUT2D eigenvalue weighted by molar-refractivity contribution is -0.140. The van der Waals surface area contributed by atoms with Crippen LogP contribution in [0.4, 0.5) is 5.69 Å². The van der Waals surface area contributed by atoms with Crippen molar-refractivity contribution < 1.29 is 14.7 Å². The monoisotopic (exact) mass is 325 g/mol. The van der Waals surface area contributed by atoms with Gasteiger partial charge >= 0.3 is 5.97 Å². The average molecular weight is 325 g/mol. The van der Waals surface area contributed by atoms with E-state index in [1.54, 1.807) is 4.90 Å². The van der Waals surface area contributed by atoms with Crippen LogP contribution >= 0.6 is 0 Å². The SMILES string of the molecule is CCN(C(=O)CC(C(=O)O)c1cc(C)ccc1C)c1ccccc1. The number of anilines is 1. The van der Waals surface area contributed by atoms with Gasteiger partial charge in [-0.3, -0.25) is 9.59 Å². The van der Waals surface area contributed by atoms with E-state index in [-0.39, 0.29) is 12.3 Å². The Kier molecular flexibility index (Phi) is 5.74. The number of benzene rings is 2. The minimum Gasteiger partial charge on any atom is -0.481 e. The fourth-order valence-corrected chi connectivity index (χ4v) is 2.86. The van der Waals surface area contributed by atoms with Gasteiger partial charge in [0.15, 0.2) is 0 Å². The number of carbonyl (C=O) groups is 2. The van der Waals surface area contributed by atoms with Crippen molar-refractivity contribution in [2.24, 2.45) is 0 Å². The van der Waals surface area contributed by atoms with Gasteiger partial charge in [-0.15, -0.1) is 0 Å². The van der Waals surface area contributed by atoms with E-state index in [0.29, 0.717) is 12.1 Å². The number of hydrogen-bond donors (Lipinski definition) is 1. The molecule has 0 bridgehead atoms. The predicted molar refractivity (Wildman–Crippen MR) is 95.4 cm³/mol. The first-order valence-electron chi connectivity index (χ1n) is 8.09. The third-order valence-electron chi connectivity index (χ3n) is 4.17. The van der Waals surface area contributed by atoms with E-state index in [1.807, 2.05) is 69.3 Å². The number of aryl methyl sites for hydroxylation is 2. The summed E-state index contributed by atoms with van der Waals surface area (Å²) >= 11 is 0. The van der Waals surface area contributed by atoms with Crippen molar-refractivity contribution in [1.29, 1.82) is 0 Å². The number of rotatable bonds is 6. The molecule has 1 amide bonds. The van der Waals surface area contributed by atoms with Crippen molar-refractivity contribution in [3.8, 4) is 0 Å². The quantitative estimate of drug-likeness (QED) is 0.876. The molecule has 0 spiro atoms. The number of carbonyl (C=O) groups excluding carboxylic acids is 1. The standard InChI is InChI=1S/C20H23NO3/c1-4-21(16-8-6-5-7-9-16)19(22)13-18(20(23)24)17-12-14(2)10-11-15(17)3/h5-12,18H,4,13H2,1-3H3,(H,23,24). The van der Waals surface area contributed by atoms with Gasteiger partial charge in [0.25, 0.3) is 0 Å². The summed E-state index contributed by atoms with van der Waals surface area (Å²) in [6, 6.07) is 15.0. The van der Waals surface area contributed by atoms with Crippen LogP contribution in [0.15, 0.2) is 48.5 Å². The Morgan fingerprint density at radius 3 is 2.33 bits per heavy atom. The molecule has 1 N–H and O–H groups in total. The van der Waals surface area contributed by atoms with Crippen molar-refractivity contribution in [2.45, 2.75) is 33.1 Å². The van der Waals surface area contributed by atoms with Gasteiger partial charge in [-0.1, -0.05) is 42.0 Å². The minimum absolute atomic E-state index is 0.0532. The zero-order valence-corrected chi connectivity index (χ0v) is 14.3. The lowest BCUT2D eigenvalue weighted by Crippen LogP contribution is -2.33. The van der Waals surface area contributed by atoms with Gasteiger partial charge in [0, 0.05) is 18.7 Å². The Hall–Kier alpha value is -2.62. The van der Waals surface area contributed by atoms with Gasteiger partial charge < -0.3 is 10.0 Å². The molecule has 0 fully saturated rings. The third kappa shape index (κ3) is 4.02. The third-order valence-corrected chi connectivity index (χ3v) is 4.17. The molecule has 24 heavy (non-hydrogen) atoms. The molecule has 0 aromatic heterocycles. The first-order chi connectivity index (χ1) is 11.4. The van der Waals surface area contributed by atoms with Crippen molar-refractivity contribution in [3.63, 3.8) is 0 Å². The molecule has 4 heteroatoms. The van der Waals surface area contributed by atoms with E-state index >= 15 is 0 Å². The van der Waals surface area contributed by atoms with Crippen LogP contribution in [-0.4, -0.2) is 23.5 Å². The molecule has 0 saturated carbocycles. The summed E-state index contributed by atoms with van der Waals surface area (Å²) in [7, 11) is 0. The molecule has 2 aromatic carbocycles. The van der Waals surface area contributed by atoms with Crippen LogP contribution in [0.1, 0.15) is 36.0 Å². The highest BCUT2D eigenvalue weighted by molar-refractivity contribution is 5.96. The van der Waals surface area contributed by atoms with E-state index < -0.39 is 11.9 Å². The second-order valence-corrected chi connectivity index (χ2v) is 5.93. The van der Waals surface area contributed by atoms with Crippen LogP contribution in [0.3, 0.4) is 0 Å². The lowest BCUT2D eigenvalue weighted by atomic mass is 9.90. The molecule has 1 atom stereocenters. The molecule has 1 unspecified atom stereocenters. The summed E-state index contributed by atoms with van der Waals surface area (Å²) in [5.41, 5.74) is 3.38. The molecule has 2 rings (SSSR count). The van der Waals surface area contributed by atoms with E-state index in [4.69, 9.17) is 0 Å². The molecule has 0 radical (unpaired) electrons. The summed E-state index contributed by atoms with van der Waals surface area (Å²) in [4.78, 5) is 26.1. The fraction of sp³-hybridized carbons (Fsp3) is 0.300. The van der Waals surface area contributed by atoms with Crippen molar-refractivity contribution in [3.05, 3.63) is 65.2 Å². The Bertz CT molecular complexity index is 725. The van der Waals surface area contributed by atoms with E-state index in [9.17, 15) is 14.7 Å². The number of para-hydroxylation sites is 1. The van der Waals surface area contributed by atoms with E-state index in [1.165, 1.54) is 0 Å². The largest absolute Gasteiger partial charge is 0.481 e. The highest BCUT2D eigenvalue weighted by atomic mass is 16.4. The van der Waals surface area contributed by atoms with Gasteiger partial charge in [-0.05, 0) is 44.0 Å². The Labute approximate surface area is 142 Å². The van der Waals surface area contributed by atoms with Gasteiger partial charge in [0.1, 0.15) is 0 Å². The number of carboxylic acids is 1. The van der Waals surface area contributed by atoms with Crippen LogP contribution in [-0.2, 0) is 9.59 Å². The smallest absolute Gasteiger partial charge is 0.311 e. The maximum absolute atomic E-state index is 12.7. The van der Waals surface area contributed by atoms with Crippen molar-refractivity contribution in [1.82, 2.24) is 0 Å². The summed E-state index contributed by atoms with van der Waals surface area (Å²) < 4.78 is 0. The Balaban J connectivity index is 2.29. The number of carboxylic acid groups (broad SMARTS) is 1. The van der Waals surface area contributed by atoms with Gasteiger partial charge in [0.05, 0.1) is 5.92 Å². The van der Waals surface area contributed by atoms with Crippen LogP contribution in [0.5, 0.6) is 0 Å². The second kappa shape index (κ2) is 7.77. The Morgan fingerprint density at radius 2 is 1.75 bits per heavy atom. The number of nitrogens with zero attached hydrogens (tertiary/aromatic N) is 1. The van der Waals surface area contributed by atoms with Crippen LogP contribution < -0.4 is 4.90 Å². The molecule has 0 saturated heterocycles.